The molecule has 0 aliphatic heterocycles. The van der Waals surface area contributed by atoms with Crippen LogP contribution in [-0.2, 0) is 18.9 Å². The number of aliphatic hydroxyl groups excluding tert-OH is 1. The highest BCUT2D eigenvalue weighted by molar-refractivity contribution is 5.40. The van der Waals surface area contributed by atoms with Crippen molar-refractivity contribution < 1.29 is 5.11 Å². The second-order valence-electron chi connectivity index (χ2n) is 6.18. The van der Waals surface area contributed by atoms with Gasteiger partial charge in [0.05, 0.1) is 17.3 Å². The van der Waals surface area contributed by atoms with Crippen LogP contribution in [0.15, 0.2) is 17.5 Å². The van der Waals surface area contributed by atoms with Crippen molar-refractivity contribution in [3.63, 3.8) is 0 Å². The molecule has 1 aromatic heterocycles. The zero-order valence-electron chi connectivity index (χ0n) is 11.6. The lowest BCUT2D eigenvalue weighted by atomic mass is 9.57. The molecule has 0 spiro atoms. The molecule has 0 saturated carbocycles. The molecule has 0 unspecified atom stereocenters. The number of rotatable bonds is 0. The van der Waals surface area contributed by atoms with E-state index in [1.807, 2.05) is 18.7 Å². The number of aryl methyl sites for hydroxylation is 2. The average molecular weight is 257 g/mol. The maximum Gasteiger partial charge on any atom is 0.109 e. The second-order valence-corrected chi connectivity index (χ2v) is 6.18. The summed E-state index contributed by atoms with van der Waals surface area (Å²) < 4.78 is 1.87. The standard InChI is InChI=1S/C15H19N3O/c1-9-12-5-4-10-8-18(3)17-14(10)15(12,2)6-11(7-16)13(9)19/h8-9,12,19H,4-6H2,1-3H3/t9-,12-,15-/m0/s1. The van der Waals surface area contributed by atoms with E-state index in [2.05, 4.69) is 24.3 Å². The smallest absolute Gasteiger partial charge is 0.109 e. The molecular weight excluding hydrogens is 238 g/mol. The van der Waals surface area contributed by atoms with E-state index in [1.165, 1.54) is 5.56 Å². The first-order chi connectivity index (χ1) is 8.97. The Morgan fingerprint density at radius 3 is 3.00 bits per heavy atom. The summed E-state index contributed by atoms with van der Waals surface area (Å²) >= 11 is 0. The summed E-state index contributed by atoms with van der Waals surface area (Å²) in [5.41, 5.74) is 2.83. The number of hydrogen-bond acceptors (Lipinski definition) is 3. The number of allylic oxidation sites excluding steroid dienone is 2. The molecule has 2 aliphatic carbocycles. The summed E-state index contributed by atoms with van der Waals surface area (Å²) in [7, 11) is 1.95. The van der Waals surface area contributed by atoms with Crippen LogP contribution in [0, 0.1) is 23.2 Å². The monoisotopic (exact) mass is 257 g/mol. The lowest BCUT2D eigenvalue weighted by Gasteiger charge is -2.46. The molecule has 100 valence electrons. The summed E-state index contributed by atoms with van der Waals surface area (Å²) in [6.45, 7) is 4.23. The highest BCUT2D eigenvalue weighted by Crippen LogP contribution is 2.52. The van der Waals surface area contributed by atoms with Gasteiger partial charge in [0.2, 0.25) is 0 Å². The van der Waals surface area contributed by atoms with Crippen LogP contribution < -0.4 is 0 Å². The second kappa shape index (κ2) is 3.86. The van der Waals surface area contributed by atoms with Gasteiger partial charge in [-0.05, 0) is 30.7 Å². The van der Waals surface area contributed by atoms with Crippen molar-refractivity contribution in [1.82, 2.24) is 9.78 Å². The van der Waals surface area contributed by atoms with Crippen molar-refractivity contribution in [2.45, 2.75) is 38.5 Å². The van der Waals surface area contributed by atoms with Crippen molar-refractivity contribution >= 4 is 0 Å². The maximum atomic E-state index is 10.2. The van der Waals surface area contributed by atoms with Crippen molar-refractivity contribution in [3.05, 3.63) is 28.8 Å². The van der Waals surface area contributed by atoms with Gasteiger partial charge in [0.15, 0.2) is 0 Å². The number of nitriles is 1. The van der Waals surface area contributed by atoms with Crippen LogP contribution in [0.3, 0.4) is 0 Å². The van der Waals surface area contributed by atoms with E-state index in [9.17, 15) is 10.4 Å². The largest absolute Gasteiger partial charge is 0.511 e. The molecule has 2 aliphatic rings. The first-order valence-corrected chi connectivity index (χ1v) is 6.82. The summed E-state index contributed by atoms with van der Waals surface area (Å²) in [6.07, 6.45) is 4.77. The third kappa shape index (κ3) is 1.54. The number of aliphatic hydroxyl groups is 1. The van der Waals surface area contributed by atoms with Gasteiger partial charge >= 0.3 is 0 Å². The normalized spacial score (nSPS) is 33.6. The van der Waals surface area contributed by atoms with Gasteiger partial charge in [-0.25, -0.2) is 0 Å². The molecule has 0 saturated heterocycles. The highest BCUT2D eigenvalue weighted by atomic mass is 16.3. The van der Waals surface area contributed by atoms with E-state index in [0.717, 1.165) is 18.5 Å². The van der Waals surface area contributed by atoms with Crippen LogP contribution in [0.5, 0.6) is 0 Å². The minimum absolute atomic E-state index is 0.0450. The Morgan fingerprint density at radius 2 is 2.32 bits per heavy atom. The third-order valence-electron chi connectivity index (χ3n) is 5.01. The summed E-state index contributed by atoms with van der Waals surface area (Å²) in [4.78, 5) is 0. The van der Waals surface area contributed by atoms with Crippen LogP contribution in [0.1, 0.15) is 37.9 Å². The lowest BCUT2D eigenvalue weighted by molar-refractivity contribution is 0.136. The number of aromatic nitrogens is 2. The van der Waals surface area contributed by atoms with Crippen molar-refractivity contribution in [2.24, 2.45) is 18.9 Å². The van der Waals surface area contributed by atoms with Gasteiger partial charge in [0, 0.05) is 24.6 Å². The van der Waals surface area contributed by atoms with Gasteiger partial charge in [0.1, 0.15) is 5.76 Å². The van der Waals surface area contributed by atoms with Gasteiger partial charge in [-0.2, -0.15) is 10.4 Å². The van der Waals surface area contributed by atoms with Gasteiger partial charge in [-0.15, -0.1) is 0 Å². The Labute approximate surface area is 113 Å². The van der Waals surface area contributed by atoms with Gasteiger partial charge < -0.3 is 5.11 Å². The van der Waals surface area contributed by atoms with E-state index in [-0.39, 0.29) is 11.3 Å². The predicted octanol–water partition coefficient (Wildman–Crippen LogP) is 2.62. The molecule has 3 rings (SSSR count). The predicted molar refractivity (Wildman–Crippen MR) is 71.4 cm³/mol. The molecule has 0 bridgehead atoms. The van der Waals surface area contributed by atoms with Crippen LogP contribution >= 0.6 is 0 Å². The fourth-order valence-electron chi connectivity index (χ4n) is 4.04. The maximum absolute atomic E-state index is 10.2. The van der Waals surface area contributed by atoms with Crippen LogP contribution in [-0.4, -0.2) is 14.9 Å². The van der Waals surface area contributed by atoms with E-state index in [4.69, 9.17) is 0 Å². The van der Waals surface area contributed by atoms with Crippen LogP contribution in [0.2, 0.25) is 0 Å². The minimum Gasteiger partial charge on any atom is -0.511 e. The highest BCUT2D eigenvalue weighted by Gasteiger charge is 2.49. The fourth-order valence-corrected chi connectivity index (χ4v) is 4.04. The van der Waals surface area contributed by atoms with Crippen molar-refractivity contribution in [2.75, 3.05) is 0 Å². The van der Waals surface area contributed by atoms with E-state index in [0.29, 0.717) is 23.7 Å². The Balaban J connectivity index is 2.16. The first kappa shape index (κ1) is 12.3. The SMILES string of the molecule is C[C@@H]1C(O)=C(C#N)C[C@]2(C)c3nn(C)cc3CC[C@@H]12. The number of nitrogens with zero attached hydrogens (tertiary/aromatic N) is 3. The molecule has 0 aromatic carbocycles. The van der Waals surface area contributed by atoms with Crippen molar-refractivity contribution in [1.29, 1.82) is 5.26 Å². The Kier molecular flexibility index (Phi) is 2.50. The van der Waals surface area contributed by atoms with Crippen molar-refractivity contribution in [3.8, 4) is 6.07 Å². The van der Waals surface area contributed by atoms with E-state index in [1.54, 1.807) is 0 Å². The Morgan fingerprint density at radius 1 is 1.58 bits per heavy atom. The average Bonchev–Trinajstić information content (AvgIpc) is 2.76. The summed E-state index contributed by atoms with van der Waals surface area (Å²) in [5.74, 6) is 0.708. The van der Waals surface area contributed by atoms with E-state index >= 15 is 0 Å². The van der Waals surface area contributed by atoms with E-state index < -0.39 is 0 Å². The summed E-state index contributed by atoms with van der Waals surface area (Å²) in [6, 6.07) is 2.17. The molecule has 1 heterocycles. The lowest BCUT2D eigenvalue weighted by Crippen LogP contribution is -2.44. The molecule has 0 radical (unpaired) electrons. The van der Waals surface area contributed by atoms with Crippen LogP contribution in [0.4, 0.5) is 0 Å². The first-order valence-electron chi connectivity index (χ1n) is 6.82. The molecular formula is C15H19N3O. The molecule has 1 N–H and O–H groups in total. The van der Waals surface area contributed by atoms with Crippen LogP contribution in [0.25, 0.3) is 0 Å². The fraction of sp³-hybridized carbons (Fsp3) is 0.600. The molecule has 0 fully saturated rings. The third-order valence-corrected chi connectivity index (χ3v) is 5.01. The van der Waals surface area contributed by atoms with Gasteiger partial charge in [0.25, 0.3) is 0 Å². The molecule has 4 nitrogen and oxygen atoms in total. The molecule has 19 heavy (non-hydrogen) atoms. The summed E-state index contributed by atoms with van der Waals surface area (Å²) in [5, 5.41) is 24.1. The Bertz CT molecular complexity index is 607. The Hall–Kier alpha value is -1.76. The zero-order valence-corrected chi connectivity index (χ0v) is 11.6. The number of fused-ring (bicyclic) bond motifs is 3. The molecule has 4 heteroatoms. The molecule has 0 amide bonds. The zero-order chi connectivity index (χ0) is 13.8. The molecule has 1 aromatic rings. The minimum atomic E-state index is -0.119. The molecule has 3 atom stereocenters. The van der Waals surface area contributed by atoms with Gasteiger partial charge in [-0.1, -0.05) is 13.8 Å². The quantitative estimate of drug-likeness (QED) is 0.777. The topological polar surface area (TPSA) is 61.8 Å². The number of hydrogen-bond donors (Lipinski definition) is 1. The van der Waals surface area contributed by atoms with Gasteiger partial charge in [-0.3, -0.25) is 4.68 Å².